The van der Waals surface area contributed by atoms with Crippen LogP contribution in [0.5, 0.6) is 5.88 Å². The van der Waals surface area contributed by atoms with E-state index >= 15 is 0 Å². The average Bonchev–Trinajstić information content (AvgIpc) is 2.15. The minimum Gasteiger partial charge on any atom is -0.481 e. The molecule has 1 rings (SSSR count). The number of amides is 1. The molecular formula is C8H9F2N3O2. The summed E-state index contributed by atoms with van der Waals surface area (Å²) in [4.78, 5) is 14.4. The summed E-state index contributed by atoms with van der Waals surface area (Å²) < 4.78 is 29.7. The molecule has 0 saturated carbocycles. The zero-order valence-corrected chi connectivity index (χ0v) is 7.83. The van der Waals surface area contributed by atoms with Crippen LogP contribution in [0.1, 0.15) is 22.3 Å². The molecule has 0 fully saturated rings. The lowest BCUT2D eigenvalue weighted by Gasteiger charge is -2.10. The normalized spacial score (nSPS) is 10.4. The fourth-order valence-corrected chi connectivity index (χ4v) is 1.09. The first kappa shape index (κ1) is 11.2. The van der Waals surface area contributed by atoms with Gasteiger partial charge in [-0.05, 0) is 0 Å². The fraction of sp³-hybridized carbons (Fsp3) is 0.250. The maximum atomic E-state index is 12.5. The van der Waals surface area contributed by atoms with E-state index in [1.165, 1.54) is 7.11 Å². The minimum absolute atomic E-state index is 0.0364. The number of nitrogen functional groups attached to an aromatic ring is 1. The van der Waals surface area contributed by atoms with Gasteiger partial charge < -0.3 is 16.2 Å². The molecule has 15 heavy (non-hydrogen) atoms. The summed E-state index contributed by atoms with van der Waals surface area (Å²) in [6.45, 7) is 0. The van der Waals surface area contributed by atoms with Crippen LogP contribution in [-0.2, 0) is 0 Å². The SMILES string of the molecule is COc1cc(C(N)=O)c(C(F)F)c(N)n1. The highest BCUT2D eigenvalue weighted by Crippen LogP contribution is 2.29. The van der Waals surface area contributed by atoms with Gasteiger partial charge in [0.1, 0.15) is 5.82 Å². The van der Waals surface area contributed by atoms with Crippen LogP contribution < -0.4 is 16.2 Å². The lowest BCUT2D eigenvalue weighted by atomic mass is 10.1. The topological polar surface area (TPSA) is 91.2 Å². The highest BCUT2D eigenvalue weighted by atomic mass is 19.3. The van der Waals surface area contributed by atoms with Gasteiger partial charge in [-0.2, -0.15) is 4.98 Å². The second-order valence-corrected chi connectivity index (χ2v) is 2.68. The molecule has 0 spiro atoms. The van der Waals surface area contributed by atoms with Gasteiger partial charge in [0.2, 0.25) is 11.8 Å². The van der Waals surface area contributed by atoms with Crippen molar-refractivity contribution in [1.29, 1.82) is 0 Å². The zero-order chi connectivity index (χ0) is 11.6. The van der Waals surface area contributed by atoms with Gasteiger partial charge in [-0.15, -0.1) is 0 Å². The van der Waals surface area contributed by atoms with Crippen molar-refractivity contribution in [2.75, 3.05) is 12.8 Å². The van der Waals surface area contributed by atoms with Crippen LogP contribution in [0.2, 0.25) is 0 Å². The average molecular weight is 217 g/mol. The number of carbonyl (C=O) groups excluding carboxylic acids is 1. The van der Waals surface area contributed by atoms with Crippen molar-refractivity contribution in [2.45, 2.75) is 6.43 Å². The lowest BCUT2D eigenvalue weighted by Crippen LogP contribution is -2.16. The minimum atomic E-state index is -2.91. The first-order valence-corrected chi connectivity index (χ1v) is 3.89. The Morgan fingerprint density at radius 3 is 2.60 bits per heavy atom. The number of hydrogen-bond donors (Lipinski definition) is 2. The number of hydrogen-bond acceptors (Lipinski definition) is 4. The molecule has 0 aliphatic carbocycles. The standard InChI is InChI=1S/C8H9F2N3O2/c1-15-4-2-3(8(12)14)5(6(9)10)7(11)13-4/h2,6H,1H3,(H2,11,13)(H2,12,14). The van der Waals surface area contributed by atoms with Crippen molar-refractivity contribution in [3.63, 3.8) is 0 Å². The van der Waals surface area contributed by atoms with Crippen LogP contribution in [-0.4, -0.2) is 18.0 Å². The van der Waals surface area contributed by atoms with Crippen LogP contribution in [0, 0.1) is 0 Å². The molecule has 0 unspecified atom stereocenters. The van der Waals surface area contributed by atoms with E-state index in [0.29, 0.717) is 0 Å². The molecule has 0 bridgehead atoms. The summed E-state index contributed by atoms with van der Waals surface area (Å²) in [5.74, 6) is -1.50. The van der Waals surface area contributed by atoms with Crippen LogP contribution >= 0.6 is 0 Å². The van der Waals surface area contributed by atoms with Gasteiger partial charge in [-0.3, -0.25) is 4.79 Å². The molecule has 0 saturated heterocycles. The molecule has 1 amide bonds. The van der Waals surface area contributed by atoms with Crippen molar-refractivity contribution in [3.8, 4) is 5.88 Å². The van der Waals surface area contributed by atoms with E-state index in [4.69, 9.17) is 11.5 Å². The second kappa shape index (κ2) is 4.07. The number of rotatable bonds is 3. The summed E-state index contributed by atoms with van der Waals surface area (Å²) in [6, 6.07) is 1.03. The number of pyridine rings is 1. The van der Waals surface area contributed by atoms with Gasteiger partial charge in [0.25, 0.3) is 6.43 Å². The molecule has 0 radical (unpaired) electrons. The highest BCUT2D eigenvalue weighted by molar-refractivity contribution is 5.95. The smallest absolute Gasteiger partial charge is 0.268 e. The van der Waals surface area contributed by atoms with E-state index in [2.05, 4.69) is 9.72 Å². The maximum absolute atomic E-state index is 12.5. The van der Waals surface area contributed by atoms with Crippen molar-refractivity contribution in [3.05, 3.63) is 17.2 Å². The van der Waals surface area contributed by atoms with Gasteiger partial charge in [0.15, 0.2) is 0 Å². The highest BCUT2D eigenvalue weighted by Gasteiger charge is 2.22. The van der Waals surface area contributed by atoms with Gasteiger partial charge in [-0.25, -0.2) is 8.78 Å². The Bertz CT molecular complexity index is 396. The molecular weight excluding hydrogens is 208 g/mol. The number of aromatic nitrogens is 1. The number of anilines is 1. The fourth-order valence-electron chi connectivity index (χ4n) is 1.09. The summed E-state index contributed by atoms with van der Waals surface area (Å²) >= 11 is 0. The van der Waals surface area contributed by atoms with Gasteiger partial charge in [-0.1, -0.05) is 0 Å². The van der Waals surface area contributed by atoms with Gasteiger partial charge in [0.05, 0.1) is 18.2 Å². The Kier molecular flexibility index (Phi) is 3.03. The number of alkyl halides is 2. The molecule has 7 heteroatoms. The van der Waals surface area contributed by atoms with E-state index in [-0.39, 0.29) is 11.4 Å². The Hall–Kier alpha value is -1.92. The predicted molar refractivity (Wildman–Crippen MR) is 48.7 cm³/mol. The van der Waals surface area contributed by atoms with Gasteiger partial charge in [0, 0.05) is 6.07 Å². The summed E-state index contributed by atoms with van der Waals surface area (Å²) in [5, 5.41) is 0. The summed E-state index contributed by atoms with van der Waals surface area (Å²) in [6.07, 6.45) is -2.91. The summed E-state index contributed by atoms with van der Waals surface area (Å²) in [5.41, 5.74) is 9.15. The Morgan fingerprint density at radius 1 is 1.60 bits per heavy atom. The quantitative estimate of drug-likeness (QED) is 0.779. The Balaban J connectivity index is 3.42. The monoisotopic (exact) mass is 217 g/mol. The third-order valence-electron chi connectivity index (χ3n) is 1.76. The number of primary amides is 1. The summed E-state index contributed by atoms with van der Waals surface area (Å²) in [7, 11) is 1.27. The van der Waals surface area contributed by atoms with Crippen LogP contribution in [0.3, 0.4) is 0 Å². The van der Waals surface area contributed by atoms with E-state index in [9.17, 15) is 13.6 Å². The van der Waals surface area contributed by atoms with E-state index in [1.807, 2.05) is 0 Å². The molecule has 0 aliphatic rings. The first-order chi connectivity index (χ1) is 6.97. The Morgan fingerprint density at radius 2 is 2.20 bits per heavy atom. The van der Waals surface area contributed by atoms with Crippen molar-refractivity contribution in [2.24, 2.45) is 5.73 Å². The number of nitrogens with two attached hydrogens (primary N) is 2. The largest absolute Gasteiger partial charge is 0.481 e. The number of ether oxygens (including phenoxy) is 1. The molecule has 1 aromatic rings. The second-order valence-electron chi connectivity index (χ2n) is 2.68. The molecule has 5 nitrogen and oxygen atoms in total. The third kappa shape index (κ3) is 2.12. The van der Waals surface area contributed by atoms with E-state index in [1.54, 1.807) is 0 Å². The number of halogens is 2. The van der Waals surface area contributed by atoms with Crippen LogP contribution in [0.4, 0.5) is 14.6 Å². The third-order valence-corrected chi connectivity index (χ3v) is 1.76. The molecule has 1 heterocycles. The number of carbonyl (C=O) groups is 1. The maximum Gasteiger partial charge on any atom is 0.268 e. The molecule has 4 N–H and O–H groups in total. The number of methoxy groups -OCH3 is 1. The van der Waals surface area contributed by atoms with Crippen LogP contribution in [0.15, 0.2) is 6.07 Å². The van der Waals surface area contributed by atoms with Crippen molar-refractivity contribution in [1.82, 2.24) is 4.98 Å². The zero-order valence-electron chi connectivity index (χ0n) is 7.83. The predicted octanol–water partition coefficient (Wildman–Crippen LogP) is 0.709. The van der Waals surface area contributed by atoms with E-state index < -0.39 is 23.7 Å². The molecule has 1 aromatic heterocycles. The van der Waals surface area contributed by atoms with Crippen molar-refractivity contribution >= 4 is 11.7 Å². The van der Waals surface area contributed by atoms with Crippen LogP contribution in [0.25, 0.3) is 0 Å². The van der Waals surface area contributed by atoms with Crippen molar-refractivity contribution < 1.29 is 18.3 Å². The Labute approximate surface area is 84.0 Å². The molecule has 0 atom stereocenters. The van der Waals surface area contributed by atoms with Gasteiger partial charge >= 0.3 is 0 Å². The number of nitrogens with zero attached hydrogens (tertiary/aromatic N) is 1. The molecule has 0 aromatic carbocycles. The molecule has 82 valence electrons. The lowest BCUT2D eigenvalue weighted by molar-refractivity contribution is 0.0985. The first-order valence-electron chi connectivity index (χ1n) is 3.89. The molecule has 0 aliphatic heterocycles. The van der Waals surface area contributed by atoms with E-state index in [0.717, 1.165) is 6.07 Å².